The fourth-order valence-electron chi connectivity index (χ4n) is 3.08. The highest BCUT2D eigenvalue weighted by Crippen LogP contribution is 2.23. The van der Waals surface area contributed by atoms with Crippen molar-refractivity contribution in [1.82, 2.24) is 14.5 Å². The molecule has 2 aromatic carbocycles. The number of para-hydroxylation sites is 2. The van der Waals surface area contributed by atoms with Gasteiger partial charge in [-0.2, -0.15) is 0 Å². The van der Waals surface area contributed by atoms with Crippen molar-refractivity contribution >= 4 is 28.6 Å². The van der Waals surface area contributed by atoms with Gasteiger partial charge >= 0.3 is 0 Å². The average Bonchev–Trinajstić information content (AvgIpc) is 2.74. The number of benzene rings is 2. The van der Waals surface area contributed by atoms with Crippen molar-refractivity contribution in [3.63, 3.8) is 0 Å². The van der Waals surface area contributed by atoms with E-state index >= 15 is 0 Å². The molecule has 0 N–H and O–H groups in total. The van der Waals surface area contributed by atoms with E-state index in [1.54, 1.807) is 47.4 Å². The Morgan fingerprint density at radius 3 is 2.59 bits per heavy atom. The molecule has 0 saturated heterocycles. The molecule has 0 radical (unpaired) electrons. The Morgan fingerprint density at radius 2 is 1.86 bits per heavy atom. The standard InChI is InChI=1S/C22H24FN3O2S/c1-3-5-14-25(4-2)20(27)15-29-22-24-18-12-8-6-10-16(18)21(28)26(22)19-13-9-7-11-17(19)23/h6-13H,3-5,14-15H2,1-2H3. The third-order valence-corrected chi connectivity index (χ3v) is 5.60. The number of unbranched alkanes of at least 4 members (excludes halogenated alkanes) is 1. The third-order valence-electron chi connectivity index (χ3n) is 4.68. The molecule has 0 fully saturated rings. The zero-order chi connectivity index (χ0) is 20.8. The molecule has 0 spiro atoms. The molecule has 29 heavy (non-hydrogen) atoms. The maximum Gasteiger partial charge on any atom is 0.266 e. The fraction of sp³-hybridized carbons (Fsp3) is 0.318. The zero-order valence-corrected chi connectivity index (χ0v) is 17.4. The van der Waals surface area contributed by atoms with E-state index < -0.39 is 5.82 Å². The molecule has 1 aromatic heterocycles. The average molecular weight is 414 g/mol. The van der Waals surface area contributed by atoms with Crippen molar-refractivity contribution in [2.45, 2.75) is 31.8 Å². The van der Waals surface area contributed by atoms with Crippen molar-refractivity contribution in [1.29, 1.82) is 0 Å². The van der Waals surface area contributed by atoms with Gasteiger partial charge in [0.15, 0.2) is 5.16 Å². The summed E-state index contributed by atoms with van der Waals surface area (Å²) in [6.45, 7) is 5.36. The number of carbonyl (C=O) groups is 1. The molecule has 0 saturated carbocycles. The number of hydrogen-bond acceptors (Lipinski definition) is 4. The molecule has 7 heteroatoms. The van der Waals surface area contributed by atoms with Gasteiger partial charge in [0.05, 0.1) is 22.3 Å². The quantitative estimate of drug-likeness (QED) is 0.409. The van der Waals surface area contributed by atoms with Crippen LogP contribution >= 0.6 is 11.8 Å². The molecule has 0 atom stereocenters. The van der Waals surface area contributed by atoms with Crippen LogP contribution in [0.5, 0.6) is 0 Å². The van der Waals surface area contributed by atoms with E-state index in [-0.39, 0.29) is 22.9 Å². The second-order valence-corrected chi connectivity index (χ2v) is 7.56. The van der Waals surface area contributed by atoms with E-state index in [1.807, 2.05) is 6.92 Å². The molecule has 1 amide bonds. The molecule has 0 aliphatic carbocycles. The van der Waals surface area contributed by atoms with Crippen molar-refractivity contribution in [3.05, 3.63) is 64.7 Å². The molecule has 0 aliphatic heterocycles. The van der Waals surface area contributed by atoms with E-state index in [0.29, 0.717) is 29.1 Å². The van der Waals surface area contributed by atoms with Crippen LogP contribution in [0.25, 0.3) is 16.6 Å². The van der Waals surface area contributed by atoms with E-state index in [4.69, 9.17) is 0 Å². The van der Waals surface area contributed by atoms with E-state index in [1.165, 1.54) is 10.6 Å². The van der Waals surface area contributed by atoms with Crippen molar-refractivity contribution < 1.29 is 9.18 Å². The van der Waals surface area contributed by atoms with Crippen LogP contribution in [0.3, 0.4) is 0 Å². The van der Waals surface area contributed by atoms with Gasteiger partial charge in [-0.3, -0.25) is 14.2 Å². The first-order chi connectivity index (χ1) is 14.1. The Hall–Kier alpha value is -2.67. The summed E-state index contributed by atoms with van der Waals surface area (Å²) in [7, 11) is 0. The predicted molar refractivity (Wildman–Crippen MR) is 115 cm³/mol. The lowest BCUT2D eigenvalue weighted by atomic mass is 10.2. The SMILES string of the molecule is CCCCN(CC)C(=O)CSc1nc2ccccc2c(=O)n1-c1ccccc1F. The number of hydrogen-bond donors (Lipinski definition) is 0. The lowest BCUT2D eigenvalue weighted by Crippen LogP contribution is -2.33. The number of aromatic nitrogens is 2. The van der Waals surface area contributed by atoms with Crippen LogP contribution in [-0.2, 0) is 4.79 Å². The molecule has 0 unspecified atom stereocenters. The Labute approximate surface area is 173 Å². The monoisotopic (exact) mass is 413 g/mol. The topological polar surface area (TPSA) is 55.2 Å². The lowest BCUT2D eigenvalue weighted by Gasteiger charge is -2.20. The molecular weight excluding hydrogens is 389 g/mol. The highest BCUT2D eigenvalue weighted by molar-refractivity contribution is 7.99. The van der Waals surface area contributed by atoms with Gasteiger partial charge in [-0.05, 0) is 37.6 Å². The van der Waals surface area contributed by atoms with Crippen LogP contribution in [-0.4, -0.2) is 39.2 Å². The maximum atomic E-state index is 14.5. The third kappa shape index (κ3) is 4.67. The smallest absolute Gasteiger partial charge is 0.266 e. The molecule has 3 aromatic rings. The zero-order valence-electron chi connectivity index (χ0n) is 16.6. The summed E-state index contributed by atoms with van der Waals surface area (Å²) in [5.41, 5.74) is 0.302. The van der Waals surface area contributed by atoms with Gasteiger partial charge in [-0.1, -0.05) is 49.4 Å². The van der Waals surface area contributed by atoms with Gasteiger partial charge < -0.3 is 4.90 Å². The van der Waals surface area contributed by atoms with Gasteiger partial charge in [0.25, 0.3) is 5.56 Å². The van der Waals surface area contributed by atoms with E-state index in [2.05, 4.69) is 11.9 Å². The van der Waals surface area contributed by atoms with Crippen LogP contribution in [0.2, 0.25) is 0 Å². The Balaban J connectivity index is 2.00. The Kier molecular flexibility index (Phi) is 7.04. The normalized spacial score (nSPS) is 11.0. The largest absolute Gasteiger partial charge is 0.342 e. The van der Waals surface area contributed by atoms with Crippen LogP contribution in [0, 0.1) is 5.82 Å². The summed E-state index contributed by atoms with van der Waals surface area (Å²) in [6.07, 6.45) is 1.95. The number of nitrogens with zero attached hydrogens (tertiary/aromatic N) is 3. The van der Waals surface area contributed by atoms with Crippen LogP contribution in [0.1, 0.15) is 26.7 Å². The molecular formula is C22H24FN3O2S. The van der Waals surface area contributed by atoms with E-state index in [9.17, 15) is 14.0 Å². The van der Waals surface area contributed by atoms with Gasteiger partial charge in [0.1, 0.15) is 5.82 Å². The number of halogens is 1. The molecule has 152 valence electrons. The predicted octanol–water partition coefficient (Wildman–Crippen LogP) is 4.27. The summed E-state index contributed by atoms with van der Waals surface area (Å²) in [5, 5.41) is 0.711. The number of amides is 1. The van der Waals surface area contributed by atoms with Crippen LogP contribution in [0.4, 0.5) is 4.39 Å². The second-order valence-electron chi connectivity index (χ2n) is 6.62. The van der Waals surface area contributed by atoms with Gasteiger partial charge in [0.2, 0.25) is 5.91 Å². The molecule has 1 heterocycles. The van der Waals surface area contributed by atoms with Gasteiger partial charge in [0, 0.05) is 13.1 Å². The molecule has 3 rings (SSSR count). The summed E-state index contributed by atoms with van der Waals surface area (Å²) in [6, 6.07) is 13.0. The lowest BCUT2D eigenvalue weighted by molar-refractivity contribution is -0.128. The van der Waals surface area contributed by atoms with Gasteiger partial charge in [-0.25, -0.2) is 9.37 Å². The van der Waals surface area contributed by atoms with E-state index in [0.717, 1.165) is 24.6 Å². The minimum atomic E-state index is -0.516. The van der Waals surface area contributed by atoms with Crippen LogP contribution in [0.15, 0.2) is 58.5 Å². The highest BCUT2D eigenvalue weighted by Gasteiger charge is 2.18. The minimum absolute atomic E-state index is 0.0200. The maximum absolute atomic E-state index is 14.5. The summed E-state index contributed by atoms with van der Waals surface area (Å²) >= 11 is 1.16. The minimum Gasteiger partial charge on any atom is -0.342 e. The van der Waals surface area contributed by atoms with Crippen molar-refractivity contribution in [2.24, 2.45) is 0 Å². The first kappa shape index (κ1) is 21.0. The molecule has 0 aliphatic rings. The summed E-state index contributed by atoms with van der Waals surface area (Å²) in [5.74, 6) is -0.400. The summed E-state index contributed by atoms with van der Waals surface area (Å²) in [4.78, 5) is 32.1. The van der Waals surface area contributed by atoms with Crippen molar-refractivity contribution in [2.75, 3.05) is 18.8 Å². The Morgan fingerprint density at radius 1 is 1.14 bits per heavy atom. The molecule has 0 bridgehead atoms. The highest BCUT2D eigenvalue weighted by atomic mass is 32.2. The summed E-state index contributed by atoms with van der Waals surface area (Å²) < 4.78 is 15.7. The van der Waals surface area contributed by atoms with Gasteiger partial charge in [-0.15, -0.1) is 0 Å². The second kappa shape index (κ2) is 9.69. The van der Waals surface area contributed by atoms with Crippen LogP contribution < -0.4 is 5.56 Å². The first-order valence-corrected chi connectivity index (χ1v) is 10.7. The fourth-order valence-corrected chi connectivity index (χ4v) is 3.99. The number of thioether (sulfide) groups is 1. The number of carbonyl (C=O) groups excluding carboxylic acids is 1. The first-order valence-electron chi connectivity index (χ1n) is 9.74. The van der Waals surface area contributed by atoms with Crippen molar-refractivity contribution in [3.8, 4) is 5.69 Å². The Bertz CT molecular complexity index is 1070. The number of fused-ring (bicyclic) bond motifs is 1. The number of rotatable bonds is 8. The molecule has 5 nitrogen and oxygen atoms in total.